The third-order valence-electron chi connectivity index (χ3n) is 3.03. The summed E-state index contributed by atoms with van der Waals surface area (Å²) in [5.74, 6) is 0. The van der Waals surface area contributed by atoms with Crippen LogP contribution in [0.4, 0.5) is 17.6 Å². The number of nitriles is 1. The first-order valence-electron chi connectivity index (χ1n) is 6.53. The van der Waals surface area contributed by atoms with Crippen molar-refractivity contribution in [3.05, 3.63) is 39.1 Å². The van der Waals surface area contributed by atoms with Crippen LogP contribution in [0.5, 0.6) is 0 Å². The minimum atomic E-state index is -4.57. The number of benzene rings is 1. The number of thioether (sulfide) groups is 1. The van der Waals surface area contributed by atoms with Crippen molar-refractivity contribution >= 4 is 35.0 Å². The lowest BCUT2D eigenvalue weighted by Gasteiger charge is -2.12. The molecule has 0 unspecified atom stereocenters. The Morgan fingerprint density at radius 3 is 2.29 bits per heavy atom. The average molecular weight is 398 g/mol. The number of hydrogen-bond donors (Lipinski definition) is 0. The van der Waals surface area contributed by atoms with Gasteiger partial charge < -0.3 is 0 Å². The van der Waals surface area contributed by atoms with Gasteiger partial charge in [-0.1, -0.05) is 30.1 Å². The molecule has 128 valence electrons. The van der Waals surface area contributed by atoms with Gasteiger partial charge in [-0.25, -0.2) is 9.07 Å². The molecule has 2 aromatic rings. The second-order valence-electron chi connectivity index (χ2n) is 4.59. The molecule has 1 heterocycles. The van der Waals surface area contributed by atoms with Crippen LogP contribution >= 0.6 is 35.0 Å². The molecule has 0 radical (unpaired) electrons. The topological polar surface area (TPSA) is 41.6 Å². The molecule has 0 saturated heterocycles. The standard InChI is InChI=1S/C14H9Cl2F4N3S/c1-2-11-13(24-14(18,19)20)10(6-21)22-23(11)12-8(15)3-7(5-17)4-9(12)16/h3-4H,2,5H2,1H3. The molecule has 0 aliphatic carbocycles. The Hall–Kier alpha value is -1.43. The zero-order chi connectivity index (χ0) is 18.1. The van der Waals surface area contributed by atoms with Gasteiger partial charge in [0.15, 0.2) is 5.69 Å². The average Bonchev–Trinajstić information content (AvgIpc) is 2.81. The van der Waals surface area contributed by atoms with Gasteiger partial charge in [0.2, 0.25) is 0 Å². The maximum atomic E-state index is 12.8. The third kappa shape index (κ3) is 3.79. The number of hydrogen-bond acceptors (Lipinski definition) is 3. The molecule has 1 aromatic carbocycles. The molecule has 24 heavy (non-hydrogen) atoms. The van der Waals surface area contributed by atoms with Crippen LogP contribution in [0.1, 0.15) is 23.9 Å². The highest BCUT2D eigenvalue weighted by Gasteiger charge is 2.34. The van der Waals surface area contributed by atoms with Gasteiger partial charge in [0.25, 0.3) is 0 Å². The predicted octanol–water partition coefficient (Wildman–Crippen LogP) is 5.69. The van der Waals surface area contributed by atoms with Gasteiger partial charge in [0, 0.05) is 0 Å². The zero-order valence-corrected chi connectivity index (χ0v) is 14.4. The summed E-state index contributed by atoms with van der Waals surface area (Å²) >= 11 is 11.8. The largest absolute Gasteiger partial charge is 0.446 e. The van der Waals surface area contributed by atoms with Crippen molar-refractivity contribution in [3.63, 3.8) is 0 Å². The van der Waals surface area contributed by atoms with Gasteiger partial charge in [-0.15, -0.1) is 0 Å². The smallest absolute Gasteiger partial charge is 0.246 e. The summed E-state index contributed by atoms with van der Waals surface area (Å²) in [5, 5.41) is 13.1. The van der Waals surface area contributed by atoms with Gasteiger partial charge in [-0.2, -0.15) is 23.5 Å². The summed E-state index contributed by atoms with van der Waals surface area (Å²) in [6.45, 7) is 0.824. The molecule has 3 nitrogen and oxygen atoms in total. The first-order valence-corrected chi connectivity index (χ1v) is 8.11. The minimum Gasteiger partial charge on any atom is -0.246 e. The highest BCUT2D eigenvalue weighted by atomic mass is 35.5. The summed E-state index contributed by atoms with van der Waals surface area (Å²) in [5.41, 5.74) is -4.47. The van der Waals surface area contributed by atoms with E-state index in [4.69, 9.17) is 28.5 Å². The van der Waals surface area contributed by atoms with Crippen LogP contribution in [0, 0.1) is 11.3 Å². The number of nitrogens with zero attached hydrogens (tertiary/aromatic N) is 3. The molecule has 0 N–H and O–H groups in total. The van der Waals surface area contributed by atoms with Gasteiger partial charge in [-0.05, 0) is 35.9 Å². The monoisotopic (exact) mass is 397 g/mol. The van der Waals surface area contributed by atoms with E-state index < -0.39 is 23.9 Å². The molecule has 0 bridgehead atoms. The van der Waals surface area contributed by atoms with E-state index in [1.807, 2.05) is 0 Å². The number of halogens is 6. The van der Waals surface area contributed by atoms with Crippen molar-refractivity contribution in [2.75, 3.05) is 0 Å². The van der Waals surface area contributed by atoms with Crippen LogP contribution in [0.2, 0.25) is 10.0 Å². The number of rotatable bonds is 4. The minimum absolute atomic E-state index is 0.0281. The van der Waals surface area contributed by atoms with E-state index >= 15 is 0 Å². The Balaban J connectivity index is 2.71. The third-order valence-corrected chi connectivity index (χ3v) is 4.48. The first kappa shape index (κ1) is 18.9. The summed E-state index contributed by atoms with van der Waals surface area (Å²) in [6.07, 6.45) is 0.157. The first-order chi connectivity index (χ1) is 11.2. The predicted molar refractivity (Wildman–Crippen MR) is 84.4 cm³/mol. The Labute approximate surface area is 149 Å². The number of aromatic nitrogens is 2. The van der Waals surface area contributed by atoms with E-state index in [1.165, 1.54) is 12.1 Å². The normalized spacial score (nSPS) is 11.6. The molecule has 0 aliphatic rings. The molecule has 0 fully saturated rings. The van der Waals surface area contributed by atoms with Crippen LogP contribution in [0.15, 0.2) is 17.0 Å². The highest BCUT2D eigenvalue weighted by Crippen LogP contribution is 2.42. The van der Waals surface area contributed by atoms with Crippen LogP contribution in [0.3, 0.4) is 0 Å². The molecule has 0 spiro atoms. The summed E-state index contributed by atoms with van der Waals surface area (Å²) in [7, 11) is 0. The Morgan fingerprint density at radius 1 is 1.29 bits per heavy atom. The van der Waals surface area contributed by atoms with E-state index in [-0.39, 0.29) is 44.0 Å². The van der Waals surface area contributed by atoms with Crippen molar-refractivity contribution in [2.24, 2.45) is 0 Å². The van der Waals surface area contributed by atoms with Crippen LogP contribution in [0.25, 0.3) is 5.69 Å². The van der Waals surface area contributed by atoms with E-state index in [2.05, 4.69) is 5.10 Å². The van der Waals surface area contributed by atoms with Crippen LogP contribution < -0.4 is 0 Å². The van der Waals surface area contributed by atoms with Crippen molar-refractivity contribution in [1.82, 2.24) is 9.78 Å². The lowest BCUT2D eigenvalue weighted by molar-refractivity contribution is -0.0328. The SMILES string of the molecule is CCc1c(SC(F)(F)F)c(C#N)nn1-c1c(Cl)cc(CF)cc1Cl. The molecule has 0 saturated carbocycles. The lowest BCUT2D eigenvalue weighted by Crippen LogP contribution is -2.05. The van der Waals surface area contributed by atoms with Crippen molar-refractivity contribution in [2.45, 2.75) is 30.4 Å². The Morgan fingerprint density at radius 2 is 1.88 bits per heavy atom. The zero-order valence-electron chi connectivity index (χ0n) is 12.1. The molecule has 0 atom stereocenters. The fraction of sp³-hybridized carbons (Fsp3) is 0.286. The summed E-state index contributed by atoms with van der Waals surface area (Å²) < 4.78 is 52.2. The van der Waals surface area contributed by atoms with Crippen LogP contribution in [-0.4, -0.2) is 15.3 Å². The van der Waals surface area contributed by atoms with Crippen LogP contribution in [-0.2, 0) is 13.1 Å². The molecule has 1 aromatic heterocycles. The Bertz CT molecular complexity index is 789. The molecule has 10 heteroatoms. The van der Waals surface area contributed by atoms with Crippen molar-refractivity contribution < 1.29 is 17.6 Å². The Kier molecular flexibility index (Phi) is 5.68. The van der Waals surface area contributed by atoms with Gasteiger partial charge in [0.05, 0.1) is 20.6 Å². The quantitative estimate of drug-likeness (QED) is 0.491. The molecule has 2 rings (SSSR count). The maximum Gasteiger partial charge on any atom is 0.446 e. The molecule has 0 amide bonds. The highest BCUT2D eigenvalue weighted by molar-refractivity contribution is 8.00. The van der Waals surface area contributed by atoms with Gasteiger partial charge in [-0.3, -0.25) is 0 Å². The number of alkyl halides is 4. The molecular weight excluding hydrogens is 389 g/mol. The van der Waals surface area contributed by atoms with Gasteiger partial charge in [0.1, 0.15) is 18.4 Å². The van der Waals surface area contributed by atoms with E-state index in [0.29, 0.717) is 0 Å². The van der Waals surface area contributed by atoms with Crippen molar-refractivity contribution in [1.29, 1.82) is 5.26 Å². The fourth-order valence-corrected chi connectivity index (χ4v) is 3.58. The summed E-state index contributed by atoms with van der Waals surface area (Å²) in [4.78, 5) is -0.297. The van der Waals surface area contributed by atoms with Crippen molar-refractivity contribution in [3.8, 4) is 11.8 Å². The fourth-order valence-electron chi connectivity index (χ4n) is 2.13. The molecular formula is C14H9Cl2F4N3S. The second kappa shape index (κ2) is 7.21. The molecule has 0 aliphatic heterocycles. The van der Waals surface area contributed by atoms with E-state index in [1.54, 1.807) is 13.0 Å². The van der Waals surface area contributed by atoms with E-state index in [0.717, 1.165) is 4.68 Å². The second-order valence-corrected chi connectivity index (χ2v) is 6.48. The maximum absolute atomic E-state index is 12.8. The lowest BCUT2D eigenvalue weighted by atomic mass is 10.2. The summed E-state index contributed by atoms with van der Waals surface area (Å²) in [6, 6.07) is 4.27. The van der Waals surface area contributed by atoms with E-state index in [9.17, 15) is 17.6 Å². The van der Waals surface area contributed by atoms with Gasteiger partial charge >= 0.3 is 5.51 Å².